The van der Waals surface area contributed by atoms with E-state index in [9.17, 15) is 4.39 Å². The first-order valence-electron chi connectivity index (χ1n) is 9.06. The summed E-state index contributed by atoms with van der Waals surface area (Å²) in [5.74, 6) is 1.58. The summed E-state index contributed by atoms with van der Waals surface area (Å²) in [5, 5.41) is 20.6. The summed E-state index contributed by atoms with van der Waals surface area (Å²) in [6, 6.07) is 0. The second-order valence-electron chi connectivity index (χ2n) is 5.96. The number of aliphatic hydroxyl groups excluding tert-OH is 2. The number of alkyl halides is 1. The van der Waals surface area contributed by atoms with Crippen LogP contribution in [0.3, 0.4) is 0 Å². The standard InChI is InChI=1S/C8H17NO.C7H15NO.CH3F.BF/c1-9-5-2-8(3-6-9)4-7-10;9-6-3-7-1-4-8-5-2-7;2*1-2/h8,10H,2-7H2,1H3;7-9H,1-6H2;1H3;/i;;1D;. The van der Waals surface area contributed by atoms with Gasteiger partial charge in [-0.1, -0.05) is 0 Å². The Balaban J connectivity index is 0. The van der Waals surface area contributed by atoms with Crippen LogP contribution in [0, 0.1) is 11.8 Å². The molecule has 2 rings (SSSR count). The van der Waals surface area contributed by atoms with Gasteiger partial charge in [0.1, 0.15) is 0 Å². The molecular formula is C16H35BF2N2O2. The van der Waals surface area contributed by atoms with Gasteiger partial charge < -0.3 is 24.7 Å². The molecular weight excluding hydrogens is 301 g/mol. The van der Waals surface area contributed by atoms with Crippen molar-refractivity contribution in [2.75, 3.05) is 53.6 Å². The van der Waals surface area contributed by atoms with Crippen molar-refractivity contribution in [3.8, 4) is 0 Å². The highest BCUT2D eigenvalue weighted by atomic mass is 19.1. The van der Waals surface area contributed by atoms with E-state index in [2.05, 4.69) is 25.4 Å². The number of hydrogen-bond donors (Lipinski definition) is 3. The molecule has 0 aliphatic carbocycles. The number of rotatable bonds is 4. The average molecular weight is 337 g/mol. The maximum atomic E-state index is 9.96. The minimum absolute atomic E-state index is 0.366. The van der Waals surface area contributed by atoms with E-state index in [-0.39, 0.29) is 0 Å². The minimum atomic E-state index is -1.00. The van der Waals surface area contributed by atoms with Gasteiger partial charge in [-0.3, -0.25) is 4.39 Å². The quantitative estimate of drug-likeness (QED) is 0.684. The first-order chi connectivity index (χ1) is 11.7. The monoisotopic (exact) mass is 337 g/mol. The lowest BCUT2D eigenvalue weighted by molar-refractivity contribution is 0.180. The minimum Gasteiger partial charge on any atom is -0.396 e. The van der Waals surface area contributed by atoms with Gasteiger partial charge in [0.2, 0.25) is 0 Å². The van der Waals surface area contributed by atoms with Crippen molar-refractivity contribution in [2.24, 2.45) is 11.8 Å². The fraction of sp³-hybridized carbons (Fsp3) is 1.00. The molecule has 23 heavy (non-hydrogen) atoms. The van der Waals surface area contributed by atoms with Crippen LogP contribution in [0.5, 0.6) is 0 Å². The summed E-state index contributed by atoms with van der Waals surface area (Å²) in [4.78, 5) is 2.36. The number of aliphatic hydroxyl groups is 2. The van der Waals surface area contributed by atoms with Gasteiger partial charge >= 0.3 is 8.12 Å². The molecule has 2 aliphatic heterocycles. The zero-order valence-corrected chi connectivity index (χ0v) is 14.5. The Morgan fingerprint density at radius 2 is 1.43 bits per heavy atom. The van der Waals surface area contributed by atoms with E-state index in [0.717, 1.165) is 37.8 Å². The predicted octanol–water partition coefficient (Wildman–Crippen LogP) is 1.70. The summed E-state index contributed by atoms with van der Waals surface area (Å²) in [6.07, 6.45) is 7.06. The van der Waals surface area contributed by atoms with Crippen LogP contribution in [-0.2, 0) is 0 Å². The molecule has 2 radical (unpaired) electrons. The molecule has 138 valence electrons. The number of likely N-dealkylation sites (tertiary alicyclic amines) is 1. The van der Waals surface area contributed by atoms with Crippen LogP contribution in [0.4, 0.5) is 8.71 Å². The summed E-state index contributed by atoms with van der Waals surface area (Å²) < 4.78 is 24.5. The van der Waals surface area contributed by atoms with Crippen molar-refractivity contribution < 1.29 is 20.3 Å². The summed E-state index contributed by atoms with van der Waals surface area (Å²) in [7, 11) is 4.16. The Bertz CT molecular complexity index is 231. The van der Waals surface area contributed by atoms with Crippen LogP contribution in [0.25, 0.3) is 0 Å². The van der Waals surface area contributed by atoms with Crippen molar-refractivity contribution in [3.05, 3.63) is 0 Å². The Hall–Kier alpha value is -0.235. The molecule has 2 heterocycles. The van der Waals surface area contributed by atoms with Crippen molar-refractivity contribution in [2.45, 2.75) is 38.5 Å². The van der Waals surface area contributed by atoms with E-state index >= 15 is 0 Å². The van der Waals surface area contributed by atoms with Crippen molar-refractivity contribution in [3.63, 3.8) is 0 Å². The summed E-state index contributed by atoms with van der Waals surface area (Å²) >= 11 is 0. The molecule has 0 bridgehead atoms. The molecule has 2 aliphatic rings. The van der Waals surface area contributed by atoms with Gasteiger partial charge in [0.05, 0.1) is 8.52 Å². The van der Waals surface area contributed by atoms with Crippen LogP contribution in [0.1, 0.15) is 39.9 Å². The highest BCUT2D eigenvalue weighted by Gasteiger charge is 2.15. The van der Waals surface area contributed by atoms with Gasteiger partial charge in [-0.2, -0.15) is 0 Å². The van der Waals surface area contributed by atoms with Crippen molar-refractivity contribution >= 4 is 8.12 Å². The van der Waals surface area contributed by atoms with E-state index in [1.165, 1.54) is 38.8 Å². The summed E-state index contributed by atoms with van der Waals surface area (Å²) in [5.41, 5.74) is 0. The molecule has 7 heteroatoms. The highest BCUT2D eigenvalue weighted by Crippen LogP contribution is 2.18. The molecule has 0 aromatic heterocycles. The van der Waals surface area contributed by atoms with Crippen LogP contribution >= 0.6 is 0 Å². The van der Waals surface area contributed by atoms with E-state index in [0.29, 0.717) is 13.2 Å². The maximum absolute atomic E-state index is 9.96. The molecule has 0 unspecified atom stereocenters. The van der Waals surface area contributed by atoms with Gasteiger partial charge in [0.15, 0.2) is 0 Å². The fourth-order valence-corrected chi connectivity index (χ4v) is 2.89. The van der Waals surface area contributed by atoms with Crippen LogP contribution in [0.15, 0.2) is 0 Å². The Morgan fingerprint density at radius 3 is 1.83 bits per heavy atom. The SMILES string of the molecule is CN1CCC(CCO)CC1.OCCC1CCNCC1.[2H]CF.[B]F. The molecule has 0 saturated carbocycles. The van der Waals surface area contributed by atoms with Gasteiger partial charge in [-0.05, 0) is 83.6 Å². The third-order valence-electron chi connectivity index (χ3n) is 4.37. The zero-order valence-electron chi connectivity index (χ0n) is 15.5. The molecule has 3 N–H and O–H groups in total. The first-order valence-corrected chi connectivity index (χ1v) is 8.35. The lowest BCUT2D eigenvalue weighted by atomic mass is 9.94. The molecule has 2 saturated heterocycles. The molecule has 0 amide bonds. The molecule has 0 aromatic carbocycles. The number of nitrogens with one attached hydrogen (secondary N) is 1. The number of nitrogens with zero attached hydrogens (tertiary/aromatic N) is 1. The third-order valence-corrected chi connectivity index (χ3v) is 4.37. The summed E-state index contributed by atoms with van der Waals surface area (Å²) in [6.45, 7) is 5.45. The van der Waals surface area contributed by atoms with Crippen molar-refractivity contribution in [1.82, 2.24) is 10.2 Å². The molecule has 0 atom stereocenters. The maximum Gasteiger partial charge on any atom is 0.350 e. The molecule has 4 nitrogen and oxygen atoms in total. The zero-order chi connectivity index (χ0) is 18.6. The first kappa shape index (κ1) is 22.8. The lowest BCUT2D eigenvalue weighted by Gasteiger charge is -2.28. The Kier molecular flexibility index (Phi) is 19.6. The van der Waals surface area contributed by atoms with Crippen LogP contribution in [-0.4, -0.2) is 76.8 Å². The van der Waals surface area contributed by atoms with Gasteiger partial charge in [-0.25, -0.2) is 0 Å². The highest BCUT2D eigenvalue weighted by molar-refractivity contribution is 5.96. The van der Waals surface area contributed by atoms with E-state index in [4.69, 9.17) is 15.9 Å². The van der Waals surface area contributed by atoms with E-state index in [1.54, 1.807) is 0 Å². The smallest absolute Gasteiger partial charge is 0.350 e. The topological polar surface area (TPSA) is 55.7 Å². The van der Waals surface area contributed by atoms with Crippen molar-refractivity contribution in [1.29, 1.82) is 0 Å². The number of hydrogen-bond acceptors (Lipinski definition) is 4. The largest absolute Gasteiger partial charge is 0.396 e. The Labute approximate surface area is 143 Å². The van der Waals surface area contributed by atoms with Gasteiger partial charge in [-0.15, -0.1) is 0 Å². The number of piperidine rings is 2. The third kappa shape index (κ3) is 15.1. The Morgan fingerprint density at radius 1 is 1.04 bits per heavy atom. The molecule has 0 spiro atoms. The second-order valence-corrected chi connectivity index (χ2v) is 5.96. The average Bonchev–Trinajstić information content (AvgIpc) is 2.62. The fourth-order valence-electron chi connectivity index (χ4n) is 2.89. The molecule has 2 fully saturated rings. The van der Waals surface area contributed by atoms with E-state index in [1.807, 2.05) is 0 Å². The van der Waals surface area contributed by atoms with Gasteiger partial charge in [0, 0.05) is 13.2 Å². The predicted molar refractivity (Wildman–Crippen MR) is 93.1 cm³/mol. The lowest BCUT2D eigenvalue weighted by Crippen LogP contribution is -2.30. The second kappa shape index (κ2) is 19.8. The van der Waals surface area contributed by atoms with E-state index < -0.39 is 7.15 Å². The van der Waals surface area contributed by atoms with Crippen LogP contribution < -0.4 is 5.32 Å². The number of halogens is 2. The molecule has 0 aromatic rings. The van der Waals surface area contributed by atoms with Gasteiger partial charge in [0.25, 0.3) is 0 Å². The normalized spacial score (nSPS) is 20.0. The van der Waals surface area contributed by atoms with Crippen LogP contribution in [0.2, 0.25) is 0 Å².